The van der Waals surface area contributed by atoms with Gasteiger partial charge in [-0.2, -0.15) is 0 Å². The summed E-state index contributed by atoms with van der Waals surface area (Å²) in [5, 5.41) is 9.66. The van der Waals surface area contributed by atoms with Crippen LogP contribution in [-0.4, -0.2) is 39.5 Å². The van der Waals surface area contributed by atoms with Crippen molar-refractivity contribution in [2.24, 2.45) is 5.92 Å². The lowest BCUT2D eigenvalue weighted by molar-refractivity contribution is -0.143. The van der Waals surface area contributed by atoms with E-state index in [1.54, 1.807) is 17.2 Å². The molecule has 0 bridgehead atoms. The molecule has 1 saturated heterocycles. The van der Waals surface area contributed by atoms with Crippen LogP contribution < -0.4 is 0 Å². The summed E-state index contributed by atoms with van der Waals surface area (Å²) < 4.78 is 1.94. The minimum atomic E-state index is -0.821. The molecule has 0 radical (unpaired) electrons. The van der Waals surface area contributed by atoms with E-state index in [4.69, 9.17) is 16.7 Å². The van der Waals surface area contributed by atoms with Crippen LogP contribution in [0.4, 0.5) is 0 Å². The molecule has 108 valence electrons. The molecular weight excluding hydrogens is 280 g/mol. The van der Waals surface area contributed by atoms with E-state index < -0.39 is 11.9 Å². The molecule has 2 heterocycles. The van der Waals surface area contributed by atoms with Crippen molar-refractivity contribution in [3.63, 3.8) is 0 Å². The number of hydrogen-bond acceptors (Lipinski definition) is 2. The Bertz CT molecular complexity index is 551. The second-order valence-corrected chi connectivity index (χ2v) is 6.05. The fourth-order valence-electron chi connectivity index (χ4n) is 2.80. The molecule has 0 spiro atoms. The molecule has 1 atom stereocenters. The zero-order valence-corrected chi connectivity index (χ0v) is 11.8. The van der Waals surface area contributed by atoms with Gasteiger partial charge in [-0.25, -0.2) is 0 Å². The van der Waals surface area contributed by atoms with Crippen molar-refractivity contribution in [2.45, 2.75) is 31.7 Å². The third-order valence-electron chi connectivity index (χ3n) is 4.03. The molecule has 0 unspecified atom stereocenters. The van der Waals surface area contributed by atoms with Gasteiger partial charge in [0.15, 0.2) is 0 Å². The summed E-state index contributed by atoms with van der Waals surface area (Å²) in [4.78, 5) is 25.3. The van der Waals surface area contributed by atoms with E-state index in [-0.39, 0.29) is 5.91 Å². The van der Waals surface area contributed by atoms with Crippen LogP contribution in [0.25, 0.3) is 0 Å². The number of hydrogen-bond donors (Lipinski definition) is 1. The maximum Gasteiger partial charge on any atom is 0.308 e. The van der Waals surface area contributed by atoms with Crippen molar-refractivity contribution in [3.8, 4) is 0 Å². The van der Waals surface area contributed by atoms with Crippen molar-refractivity contribution < 1.29 is 14.7 Å². The molecule has 20 heavy (non-hydrogen) atoms. The minimum Gasteiger partial charge on any atom is -0.481 e. The quantitative estimate of drug-likeness (QED) is 0.931. The first kappa shape index (κ1) is 13.5. The van der Waals surface area contributed by atoms with Gasteiger partial charge in [0.1, 0.15) is 5.69 Å². The lowest BCUT2D eigenvalue weighted by Crippen LogP contribution is -2.42. The van der Waals surface area contributed by atoms with Gasteiger partial charge in [0.05, 0.1) is 10.9 Å². The molecule has 1 amide bonds. The van der Waals surface area contributed by atoms with E-state index in [2.05, 4.69) is 0 Å². The number of nitrogens with zero attached hydrogens (tertiary/aromatic N) is 2. The molecule has 0 aromatic carbocycles. The zero-order valence-electron chi connectivity index (χ0n) is 11.1. The molecule has 1 aliphatic carbocycles. The van der Waals surface area contributed by atoms with Crippen LogP contribution >= 0.6 is 11.6 Å². The smallest absolute Gasteiger partial charge is 0.308 e. The first-order valence-electron chi connectivity index (χ1n) is 6.95. The number of carboxylic acid groups (broad SMARTS) is 1. The Morgan fingerprint density at radius 1 is 1.30 bits per heavy atom. The summed E-state index contributed by atoms with van der Waals surface area (Å²) in [5.74, 6) is -1.37. The molecule has 1 aliphatic heterocycles. The molecule has 2 fully saturated rings. The Balaban J connectivity index is 1.80. The molecule has 2 aliphatic rings. The van der Waals surface area contributed by atoms with Crippen molar-refractivity contribution in [3.05, 3.63) is 23.0 Å². The highest BCUT2D eigenvalue weighted by Gasteiger charge is 2.33. The Labute approximate surface area is 122 Å². The highest BCUT2D eigenvalue weighted by atomic mass is 35.5. The number of carbonyl (C=O) groups excluding carboxylic acids is 1. The number of amides is 1. The lowest BCUT2D eigenvalue weighted by Gasteiger charge is -2.31. The van der Waals surface area contributed by atoms with Gasteiger partial charge >= 0.3 is 5.97 Å². The first-order chi connectivity index (χ1) is 9.56. The molecule has 1 aromatic rings. The number of rotatable bonds is 3. The Kier molecular flexibility index (Phi) is 3.46. The zero-order chi connectivity index (χ0) is 14.3. The number of aromatic nitrogens is 1. The number of likely N-dealkylation sites (tertiary alicyclic amines) is 1. The van der Waals surface area contributed by atoms with Crippen LogP contribution in [-0.2, 0) is 4.79 Å². The van der Waals surface area contributed by atoms with Crippen molar-refractivity contribution >= 4 is 23.5 Å². The summed E-state index contributed by atoms with van der Waals surface area (Å²) >= 11 is 6.01. The predicted molar refractivity (Wildman–Crippen MR) is 74.0 cm³/mol. The predicted octanol–water partition coefficient (Wildman–Crippen LogP) is 2.41. The number of carbonyl (C=O) groups is 2. The van der Waals surface area contributed by atoms with Crippen LogP contribution in [0.3, 0.4) is 0 Å². The van der Waals surface area contributed by atoms with Gasteiger partial charge in [-0.1, -0.05) is 11.6 Å². The van der Waals surface area contributed by atoms with Crippen molar-refractivity contribution in [1.82, 2.24) is 9.47 Å². The highest BCUT2D eigenvalue weighted by molar-refractivity contribution is 6.31. The lowest BCUT2D eigenvalue weighted by atomic mass is 9.98. The van der Waals surface area contributed by atoms with E-state index in [9.17, 15) is 9.59 Å². The molecule has 6 heteroatoms. The van der Waals surface area contributed by atoms with Crippen LogP contribution in [0.5, 0.6) is 0 Å². The third kappa shape index (κ3) is 2.54. The van der Waals surface area contributed by atoms with E-state index in [0.29, 0.717) is 36.3 Å². The highest BCUT2D eigenvalue weighted by Crippen LogP contribution is 2.37. The van der Waals surface area contributed by atoms with E-state index in [1.807, 2.05) is 4.57 Å². The normalized spacial score (nSPS) is 22.9. The Morgan fingerprint density at radius 3 is 2.70 bits per heavy atom. The SMILES string of the molecule is O=C(O)[C@H]1CCCN(C(=O)c2cc(Cl)cn2C2CC2)C1. The Morgan fingerprint density at radius 2 is 2.05 bits per heavy atom. The van der Waals surface area contributed by atoms with Crippen LogP contribution in [0.1, 0.15) is 42.2 Å². The first-order valence-corrected chi connectivity index (χ1v) is 7.33. The molecule has 1 N–H and O–H groups in total. The summed E-state index contributed by atoms with van der Waals surface area (Å²) in [6.07, 6.45) is 5.32. The second-order valence-electron chi connectivity index (χ2n) is 5.61. The summed E-state index contributed by atoms with van der Waals surface area (Å²) in [5.41, 5.74) is 0.587. The summed E-state index contributed by atoms with van der Waals surface area (Å²) in [7, 11) is 0. The molecule has 5 nitrogen and oxygen atoms in total. The van der Waals surface area contributed by atoms with Gasteiger partial charge in [0.25, 0.3) is 5.91 Å². The van der Waals surface area contributed by atoms with Gasteiger partial charge in [-0.05, 0) is 31.7 Å². The molecule has 1 aromatic heterocycles. The average Bonchev–Trinajstić information content (AvgIpc) is 3.21. The maximum atomic E-state index is 12.6. The monoisotopic (exact) mass is 296 g/mol. The maximum absolute atomic E-state index is 12.6. The topological polar surface area (TPSA) is 62.5 Å². The van der Waals surface area contributed by atoms with Gasteiger partial charge < -0.3 is 14.6 Å². The van der Waals surface area contributed by atoms with Gasteiger partial charge in [-0.15, -0.1) is 0 Å². The number of carboxylic acids is 1. The van der Waals surface area contributed by atoms with Crippen molar-refractivity contribution in [1.29, 1.82) is 0 Å². The van der Waals surface area contributed by atoms with Crippen molar-refractivity contribution in [2.75, 3.05) is 13.1 Å². The number of halogens is 1. The van der Waals surface area contributed by atoms with Gasteiger partial charge in [0.2, 0.25) is 0 Å². The van der Waals surface area contributed by atoms with E-state index in [0.717, 1.165) is 19.3 Å². The van der Waals surface area contributed by atoms with E-state index in [1.165, 1.54) is 0 Å². The van der Waals surface area contributed by atoms with Gasteiger partial charge in [0, 0.05) is 25.3 Å². The minimum absolute atomic E-state index is 0.102. The fraction of sp³-hybridized carbons (Fsp3) is 0.571. The van der Waals surface area contributed by atoms with Gasteiger partial charge in [-0.3, -0.25) is 9.59 Å². The van der Waals surface area contributed by atoms with Crippen LogP contribution in [0.2, 0.25) is 5.02 Å². The van der Waals surface area contributed by atoms with Crippen LogP contribution in [0.15, 0.2) is 12.3 Å². The summed E-state index contributed by atoms with van der Waals surface area (Å²) in [6, 6.07) is 2.06. The molecular formula is C14H17ClN2O3. The summed E-state index contributed by atoms with van der Waals surface area (Å²) in [6.45, 7) is 0.914. The largest absolute Gasteiger partial charge is 0.481 e. The number of piperidine rings is 1. The van der Waals surface area contributed by atoms with E-state index >= 15 is 0 Å². The van der Waals surface area contributed by atoms with Crippen LogP contribution in [0, 0.1) is 5.92 Å². The second kappa shape index (κ2) is 5.13. The standard InChI is InChI=1S/C14H17ClN2O3/c15-10-6-12(17(8-10)11-3-4-11)13(18)16-5-1-2-9(7-16)14(19)20/h6,8-9,11H,1-5,7H2,(H,19,20)/t9-/m0/s1. The third-order valence-corrected chi connectivity index (χ3v) is 4.24. The Hall–Kier alpha value is -1.49. The average molecular weight is 297 g/mol. The fourth-order valence-corrected chi connectivity index (χ4v) is 3.01. The molecule has 3 rings (SSSR count). The molecule has 1 saturated carbocycles. The number of aliphatic carboxylic acids is 1.